The molecule has 1 atom stereocenters. The average Bonchev–Trinajstić information content (AvgIpc) is 3.14. The molecule has 0 saturated heterocycles. The average molecular weight is 452 g/mol. The number of fused-ring (bicyclic) bond motifs is 3. The zero-order valence-electron chi connectivity index (χ0n) is 18.5. The minimum Gasteiger partial charge on any atom is -0.481 e. The van der Waals surface area contributed by atoms with Gasteiger partial charge in [0.15, 0.2) is 0 Å². The smallest absolute Gasteiger partial charge is 0.407 e. The van der Waals surface area contributed by atoms with Crippen LogP contribution in [0, 0.1) is 0 Å². The number of carboxylic acids is 1. The summed E-state index contributed by atoms with van der Waals surface area (Å²) in [5.41, 5.74) is 4.42. The summed E-state index contributed by atoms with van der Waals surface area (Å²) in [5.74, 6) is -1.74. The Morgan fingerprint density at radius 1 is 0.939 bits per heavy atom. The fourth-order valence-electron chi connectivity index (χ4n) is 4.73. The first-order chi connectivity index (χ1) is 16.0. The molecule has 2 aromatic rings. The zero-order chi connectivity index (χ0) is 23.2. The largest absolute Gasteiger partial charge is 0.481 e. The van der Waals surface area contributed by atoms with Gasteiger partial charge in [0.1, 0.15) is 18.8 Å². The van der Waals surface area contributed by atoms with Gasteiger partial charge in [-0.25, -0.2) is 9.59 Å². The molecule has 4 rings (SSSR count). The molecule has 2 aliphatic carbocycles. The third-order valence-electron chi connectivity index (χ3n) is 6.40. The van der Waals surface area contributed by atoms with Crippen LogP contribution in [0.2, 0.25) is 0 Å². The van der Waals surface area contributed by atoms with Crippen molar-refractivity contribution in [2.75, 3.05) is 6.61 Å². The van der Waals surface area contributed by atoms with Gasteiger partial charge in [-0.15, -0.1) is 0 Å². The predicted octanol–water partition coefficient (Wildman–Crippen LogP) is 4.63. The molecule has 0 radical (unpaired) electrons. The van der Waals surface area contributed by atoms with Gasteiger partial charge in [0.2, 0.25) is 0 Å². The number of benzene rings is 2. The van der Waals surface area contributed by atoms with E-state index in [0.717, 1.165) is 54.4 Å². The van der Waals surface area contributed by atoms with E-state index < -0.39 is 24.1 Å². The lowest BCUT2D eigenvalue weighted by molar-refractivity contribution is -0.153. The first-order valence-electron chi connectivity index (χ1n) is 11.6. The minimum absolute atomic E-state index is 0.0505. The Kier molecular flexibility index (Phi) is 7.27. The molecule has 7 heteroatoms. The number of ether oxygens (including phenoxy) is 2. The van der Waals surface area contributed by atoms with Crippen molar-refractivity contribution in [2.45, 2.75) is 63.0 Å². The number of nitrogens with one attached hydrogen (secondary N) is 1. The van der Waals surface area contributed by atoms with E-state index in [1.807, 2.05) is 36.4 Å². The molecule has 2 aromatic carbocycles. The van der Waals surface area contributed by atoms with Crippen LogP contribution in [-0.2, 0) is 19.1 Å². The third kappa shape index (κ3) is 5.53. The highest BCUT2D eigenvalue weighted by Gasteiger charge is 2.31. The number of alkyl carbamates (subject to hydrolysis) is 1. The molecule has 2 aliphatic rings. The van der Waals surface area contributed by atoms with E-state index in [1.165, 1.54) is 0 Å². The second kappa shape index (κ2) is 10.5. The maximum Gasteiger partial charge on any atom is 0.407 e. The van der Waals surface area contributed by atoms with Crippen molar-refractivity contribution in [3.63, 3.8) is 0 Å². The van der Waals surface area contributed by atoms with Crippen molar-refractivity contribution < 1.29 is 29.0 Å². The van der Waals surface area contributed by atoms with Crippen LogP contribution in [0.4, 0.5) is 4.79 Å². The van der Waals surface area contributed by atoms with Gasteiger partial charge in [0, 0.05) is 12.3 Å². The SMILES string of the molecule is O=C(O)CC[C@H](NC(=O)OCC1c2ccccc2-c2ccccc21)C(=O)OC1CCCCC1. The first kappa shape index (κ1) is 22.8. The zero-order valence-corrected chi connectivity index (χ0v) is 18.5. The monoisotopic (exact) mass is 451 g/mol. The number of hydrogen-bond acceptors (Lipinski definition) is 5. The molecule has 1 amide bonds. The number of rotatable bonds is 8. The van der Waals surface area contributed by atoms with E-state index in [9.17, 15) is 14.4 Å². The third-order valence-corrected chi connectivity index (χ3v) is 6.40. The summed E-state index contributed by atoms with van der Waals surface area (Å²) in [6.45, 7) is 0.114. The van der Waals surface area contributed by atoms with E-state index >= 15 is 0 Å². The Hall–Kier alpha value is -3.35. The Bertz CT molecular complexity index is 968. The van der Waals surface area contributed by atoms with Gasteiger partial charge in [-0.3, -0.25) is 4.79 Å². The molecule has 7 nitrogen and oxygen atoms in total. The van der Waals surface area contributed by atoms with Gasteiger partial charge in [-0.05, 0) is 54.4 Å². The lowest BCUT2D eigenvalue weighted by Crippen LogP contribution is -2.44. The van der Waals surface area contributed by atoms with E-state index in [-0.39, 0.29) is 31.5 Å². The molecular weight excluding hydrogens is 422 g/mol. The molecule has 1 fully saturated rings. The van der Waals surface area contributed by atoms with Crippen LogP contribution in [0.25, 0.3) is 11.1 Å². The van der Waals surface area contributed by atoms with Crippen LogP contribution in [0.3, 0.4) is 0 Å². The van der Waals surface area contributed by atoms with E-state index in [2.05, 4.69) is 17.4 Å². The second-order valence-corrected chi connectivity index (χ2v) is 8.65. The van der Waals surface area contributed by atoms with E-state index in [0.29, 0.717) is 0 Å². The molecule has 0 heterocycles. The van der Waals surface area contributed by atoms with Crippen molar-refractivity contribution >= 4 is 18.0 Å². The Balaban J connectivity index is 1.39. The number of carboxylic acid groups (broad SMARTS) is 1. The maximum atomic E-state index is 12.7. The molecule has 0 unspecified atom stereocenters. The molecule has 0 spiro atoms. The summed E-state index contributed by atoms with van der Waals surface area (Å²) in [7, 11) is 0. The van der Waals surface area contributed by atoms with Gasteiger partial charge >= 0.3 is 18.0 Å². The highest BCUT2D eigenvalue weighted by molar-refractivity contribution is 5.82. The number of hydrogen-bond donors (Lipinski definition) is 2. The summed E-state index contributed by atoms with van der Waals surface area (Å²) >= 11 is 0. The summed E-state index contributed by atoms with van der Waals surface area (Å²) in [5, 5.41) is 11.6. The van der Waals surface area contributed by atoms with Gasteiger partial charge in [-0.1, -0.05) is 55.0 Å². The summed E-state index contributed by atoms with van der Waals surface area (Å²) < 4.78 is 11.1. The van der Waals surface area contributed by atoms with Crippen molar-refractivity contribution in [3.8, 4) is 11.1 Å². The molecule has 1 saturated carbocycles. The molecule has 0 aromatic heterocycles. The van der Waals surface area contributed by atoms with Crippen molar-refractivity contribution in [1.82, 2.24) is 5.32 Å². The fraction of sp³-hybridized carbons (Fsp3) is 0.423. The van der Waals surface area contributed by atoms with Crippen LogP contribution in [0.5, 0.6) is 0 Å². The van der Waals surface area contributed by atoms with E-state index in [1.54, 1.807) is 0 Å². The molecule has 33 heavy (non-hydrogen) atoms. The van der Waals surface area contributed by atoms with Crippen LogP contribution >= 0.6 is 0 Å². The second-order valence-electron chi connectivity index (χ2n) is 8.65. The summed E-state index contributed by atoms with van der Waals surface area (Å²) in [4.78, 5) is 36.3. The van der Waals surface area contributed by atoms with Crippen LogP contribution in [0.1, 0.15) is 62.0 Å². The predicted molar refractivity (Wildman–Crippen MR) is 122 cm³/mol. The topological polar surface area (TPSA) is 102 Å². The van der Waals surface area contributed by atoms with Crippen molar-refractivity contribution in [1.29, 1.82) is 0 Å². The highest BCUT2D eigenvalue weighted by Crippen LogP contribution is 2.44. The quantitative estimate of drug-likeness (QED) is 0.567. The molecule has 2 N–H and O–H groups in total. The molecule has 174 valence electrons. The normalized spacial score (nSPS) is 16.4. The molecular formula is C26H29NO6. The summed E-state index contributed by atoms with van der Waals surface area (Å²) in [6.07, 6.45) is 3.46. The number of amides is 1. The van der Waals surface area contributed by atoms with Gasteiger partial charge in [0.05, 0.1) is 0 Å². The number of esters is 1. The minimum atomic E-state index is -1.06. The highest BCUT2D eigenvalue weighted by atomic mass is 16.6. The van der Waals surface area contributed by atoms with Crippen LogP contribution in [0.15, 0.2) is 48.5 Å². The lowest BCUT2D eigenvalue weighted by Gasteiger charge is -2.25. The Labute approximate surface area is 193 Å². The summed E-state index contributed by atoms with van der Waals surface area (Å²) in [6, 6.07) is 15.0. The first-order valence-corrected chi connectivity index (χ1v) is 11.6. The van der Waals surface area contributed by atoms with Crippen LogP contribution < -0.4 is 5.32 Å². The van der Waals surface area contributed by atoms with Crippen molar-refractivity contribution in [2.24, 2.45) is 0 Å². The maximum absolute atomic E-state index is 12.7. The number of aliphatic carboxylic acids is 1. The number of carbonyl (C=O) groups is 3. The molecule has 0 bridgehead atoms. The van der Waals surface area contributed by atoms with Crippen molar-refractivity contribution in [3.05, 3.63) is 59.7 Å². The van der Waals surface area contributed by atoms with Crippen LogP contribution in [-0.4, -0.2) is 41.9 Å². The van der Waals surface area contributed by atoms with Gasteiger partial charge in [0.25, 0.3) is 0 Å². The Morgan fingerprint density at radius 3 is 2.15 bits per heavy atom. The van der Waals surface area contributed by atoms with Gasteiger partial charge < -0.3 is 19.9 Å². The fourth-order valence-corrected chi connectivity index (χ4v) is 4.73. The lowest BCUT2D eigenvalue weighted by atomic mass is 9.98. The number of carbonyl (C=O) groups excluding carboxylic acids is 2. The van der Waals surface area contributed by atoms with Gasteiger partial charge in [-0.2, -0.15) is 0 Å². The standard InChI is InChI=1S/C26H29NO6/c28-24(29)15-14-23(25(30)33-17-8-2-1-3-9-17)27-26(31)32-16-22-20-12-6-4-10-18(20)19-11-5-7-13-21(19)22/h4-7,10-13,17,22-23H,1-3,8-9,14-16H2,(H,27,31)(H,28,29)/t23-/m0/s1. The van der Waals surface area contributed by atoms with E-state index in [4.69, 9.17) is 14.6 Å². The molecule has 0 aliphatic heterocycles. The Morgan fingerprint density at radius 2 is 1.55 bits per heavy atom.